The minimum atomic E-state index is -3.14. The molecule has 15 nitrogen and oxygen atoms in total. The maximum Gasteiger partial charge on any atom is 0.695 e. The number of nitrogens with one attached hydrogen (secondary N) is 2. The van der Waals surface area contributed by atoms with Crippen molar-refractivity contribution < 1.29 is 41.9 Å². The number of H-pyrrole nitrogens is 1. The van der Waals surface area contributed by atoms with Crippen molar-refractivity contribution >= 4 is 43.3 Å². The Balaban J connectivity index is 1.44. The molecule has 2 aromatic heterocycles. The van der Waals surface area contributed by atoms with Crippen LogP contribution >= 0.6 is 20.3 Å². The summed E-state index contributed by atoms with van der Waals surface area (Å²) in [4.78, 5) is 46.8. The molecule has 1 amide bonds. The van der Waals surface area contributed by atoms with E-state index in [9.17, 15) is 19.0 Å². The number of hydrogen-bond donors (Lipinski definition) is 3. The molecule has 0 aliphatic carbocycles. The summed E-state index contributed by atoms with van der Waals surface area (Å²) in [5.74, 6) is 0.484. The van der Waals surface area contributed by atoms with E-state index in [2.05, 4.69) is 20.3 Å². The van der Waals surface area contributed by atoms with Crippen LogP contribution in [0.5, 0.6) is 11.5 Å². The minimum Gasteiger partial charge on any atom is -0.497 e. The first-order valence-electron chi connectivity index (χ1n) is 16.5. The van der Waals surface area contributed by atoms with Gasteiger partial charge in [-0.2, -0.15) is 4.98 Å². The van der Waals surface area contributed by atoms with Crippen molar-refractivity contribution in [2.45, 2.75) is 44.0 Å². The van der Waals surface area contributed by atoms with E-state index < -0.39 is 44.0 Å². The maximum atomic E-state index is 13.0. The number of nitrogens with zero attached hydrogens (tertiary/aromatic N) is 3. The Morgan fingerprint density at radius 2 is 1.60 bits per heavy atom. The van der Waals surface area contributed by atoms with Crippen LogP contribution < -0.4 is 20.3 Å². The van der Waals surface area contributed by atoms with Gasteiger partial charge in [-0.25, -0.2) is 4.98 Å². The van der Waals surface area contributed by atoms with Crippen molar-refractivity contribution in [3.05, 3.63) is 112 Å². The van der Waals surface area contributed by atoms with Crippen LogP contribution in [0.2, 0.25) is 0 Å². The van der Waals surface area contributed by atoms with E-state index in [1.807, 2.05) is 78.9 Å². The van der Waals surface area contributed by atoms with E-state index in [0.29, 0.717) is 11.5 Å². The van der Waals surface area contributed by atoms with Crippen LogP contribution in [-0.4, -0.2) is 75.7 Å². The number of amides is 1. The Labute approximate surface area is 310 Å². The maximum absolute atomic E-state index is 13.0. The Morgan fingerprint density at radius 1 is 1.00 bits per heavy atom. The zero-order chi connectivity index (χ0) is 37.7. The zero-order valence-electron chi connectivity index (χ0n) is 29.5. The van der Waals surface area contributed by atoms with Crippen molar-refractivity contribution in [3.63, 3.8) is 0 Å². The molecule has 1 fully saturated rings. The molecule has 3 aromatic carbocycles. The average Bonchev–Trinajstić information content (AvgIpc) is 3.73. The second-order valence-electron chi connectivity index (χ2n) is 12.3. The number of fused-ring (bicyclic) bond motifs is 1. The van der Waals surface area contributed by atoms with Gasteiger partial charge < -0.3 is 23.1 Å². The largest absolute Gasteiger partial charge is 0.695 e. The van der Waals surface area contributed by atoms with Gasteiger partial charge in [-0.15, -0.1) is 9.42 Å². The van der Waals surface area contributed by atoms with Crippen molar-refractivity contribution in [1.82, 2.24) is 19.5 Å². The van der Waals surface area contributed by atoms with E-state index in [1.54, 1.807) is 34.3 Å². The molecule has 0 bridgehead atoms. The molecule has 3 N–H and O–H groups in total. The van der Waals surface area contributed by atoms with Crippen molar-refractivity contribution in [3.8, 4) is 11.5 Å². The van der Waals surface area contributed by atoms with Crippen LogP contribution in [-0.2, 0) is 33.1 Å². The first-order valence-corrected chi connectivity index (χ1v) is 18.8. The Bertz CT molecular complexity index is 2050. The SMILES string of the molecule is COc1ccc(C(OC[C@H]2O[C@@H](n3cnc4c(=O)[nH]c(NC(=O)C(C)C)nc43)C(OSC)C2O[P+](=O)O)(c2ccccc2)c2ccc(OC)cc2)cc1. The number of ether oxygens (including phenoxy) is 4. The molecule has 1 saturated heterocycles. The fourth-order valence-corrected chi connectivity index (χ4v) is 7.12. The lowest BCUT2D eigenvalue weighted by Crippen LogP contribution is -2.40. The normalized spacial score (nSPS) is 19.0. The summed E-state index contributed by atoms with van der Waals surface area (Å²) < 4.78 is 50.0. The summed E-state index contributed by atoms with van der Waals surface area (Å²) in [6.45, 7) is 3.23. The van der Waals surface area contributed by atoms with Crippen molar-refractivity contribution in [2.75, 3.05) is 32.4 Å². The smallest absolute Gasteiger partial charge is 0.497 e. The van der Waals surface area contributed by atoms with Crippen molar-refractivity contribution in [2.24, 2.45) is 5.92 Å². The quantitative estimate of drug-likeness (QED) is 0.0706. The van der Waals surface area contributed by atoms with Gasteiger partial charge in [-0.05, 0) is 53.0 Å². The number of anilines is 1. The number of imidazole rings is 1. The average molecular weight is 765 g/mol. The number of methoxy groups -OCH3 is 2. The highest BCUT2D eigenvalue weighted by Gasteiger charge is 2.53. The number of benzene rings is 3. The number of hydrogen-bond acceptors (Lipinski definition) is 12. The lowest BCUT2D eigenvalue weighted by atomic mass is 9.80. The fourth-order valence-electron chi connectivity index (χ4n) is 6.23. The standard InChI is InChI=1S/C36H38N5O10PS/c1-21(2)32(42)39-35-38-31-28(33(43)40-35)37-20-41(31)34-30(51-53-5)29(50-52(44)45)27(49-34)19-48-36(22-9-7-6-8-10-22,23-11-15-25(46-3)16-12-23)24-13-17-26(47-4)18-14-24/h6-18,20-21,27,29-30,34H,19H2,1-5H3,(H2-,38,39,40,42,43,44,45)/p+1/t27-,29?,30?,34-/m1/s1. The van der Waals surface area contributed by atoms with Gasteiger partial charge in [0.1, 0.15) is 23.2 Å². The lowest BCUT2D eigenvalue weighted by Gasteiger charge is -2.37. The predicted molar refractivity (Wildman–Crippen MR) is 197 cm³/mol. The highest BCUT2D eigenvalue weighted by Crippen LogP contribution is 2.45. The van der Waals surface area contributed by atoms with Crippen LogP contribution in [0.15, 0.2) is 90.0 Å². The number of aromatic nitrogens is 4. The summed E-state index contributed by atoms with van der Waals surface area (Å²) in [5.41, 5.74) is 0.517. The topological polar surface area (TPSA) is 185 Å². The number of rotatable bonds is 15. The Hall–Kier alpha value is -4.67. The molecular weight excluding hydrogens is 725 g/mol. The van der Waals surface area contributed by atoms with E-state index in [1.165, 1.54) is 10.9 Å². The second kappa shape index (κ2) is 16.6. The van der Waals surface area contributed by atoms with E-state index >= 15 is 0 Å². The molecule has 17 heteroatoms. The highest BCUT2D eigenvalue weighted by atomic mass is 32.2. The van der Waals surface area contributed by atoms with Crippen LogP contribution in [0.1, 0.15) is 36.8 Å². The minimum absolute atomic E-state index is 0.0217. The molecule has 1 aliphatic rings. The molecule has 3 heterocycles. The third kappa shape index (κ3) is 7.85. The molecule has 278 valence electrons. The monoisotopic (exact) mass is 764 g/mol. The number of carbonyl (C=O) groups excluding carboxylic acids is 1. The van der Waals surface area contributed by atoms with Gasteiger partial charge in [0, 0.05) is 16.7 Å². The molecule has 5 atom stereocenters. The molecule has 0 spiro atoms. The van der Waals surface area contributed by atoms with E-state index in [0.717, 1.165) is 28.7 Å². The van der Waals surface area contributed by atoms with Gasteiger partial charge in [-0.1, -0.05) is 68.4 Å². The van der Waals surface area contributed by atoms with Gasteiger partial charge in [0.25, 0.3) is 5.56 Å². The summed E-state index contributed by atoms with van der Waals surface area (Å²) in [6, 6.07) is 24.6. The lowest BCUT2D eigenvalue weighted by molar-refractivity contribution is -0.118. The zero-order valence-corrected chi connectivity index (χ0v) is 31.2. The van der Waals surface area contributed by atoms with Gasteiger partial charge in [-0.3, -0.25) is 24.5 Å². The summed E-state index contributed by atoms with van der Waals surface area (Å²) in [6.07, 6.45) is -1.23. The van der Waals surface area contributed by atoms with Gasteiger partial charge in [0.15, 0.2) is 29.6 Å². The molecule has 5 aromatic rings. The van der Waals surface area contributed by atoms with E-state index in [-0.39, 0.29) is 35.5 Å². The molecule has 53 heavy (non-hydrogen) atoms. The fraction of sp³-hybridized carbons (Fsp3) is 0.333. The van der Waals surface area contributed by atoms with Gasteiger partial charge in [0.2, 0.25) is 11.9 Å². The summed E-state index contributed by atoms with van der Waals surface area (Å²) in [7, 11) is 0.0344. The summed E-state index contributed by atoms with van der Waals surface area (Å²) >= 11 is 0.997. The van der Waals surface area contributed by atoms with Crippen LogP contribution in [0.4, 0.5) is 5.95 Å². The molecule has 1 aliphatic heterocycles. The summed E-state index contributed by atoms with van der Waals surface area (Å²) in [5, 5.41) is 2.60. The molecule has 0 saturated carbocycles. The predicted octanol–water partition coefficient (Wildman–Crippen LogP) is 5.34. The second-order valence-corrected chi connectivity index (χ2v) is 13.5. The number of carbonyl (C=O) groups is 1. The first-order chi connectivity index (χ1) is 25.6. The van der Waals surface area contributed by atoms with Gasteiger partial charge >= 0.3 is 8.25 Å². The Morgan fingerprint density at radius 3 is 2.15 bits per heavy atom. The third-order valence-corrected chi connectivity index (χ3v) is 9.65. The first kappa shape index (κ1) is 38.1. The van der Waals surface area contributed by atoms with Crippen molar-refractivity contribution in [1.29, 1.82) is 0 Å². The van der Waals surface area contributed by atoms with E-state index in [4.69, 9.17) is 27.7 Å². The molecule has 0 radical (unpaired) electrons. The Kier molecular flexibility index (Phi) is 11.9. The molecule has 6 rings (SSSR count). The van der Waals surface area contributed by atoms with Crippen LogP contribution in [0.3, 0.4) is 0 Å². The number of aromatic amines is 1. The van der Waals surface area contributed by atoms with Crippen LogP contribution in [0.25, 0.3) is 11.2 Å². The molecule has 3 unspecified atom stereocenters. The molecular formula is C36H39N5O10PS+. The van der Waals surface area contributed by atoms with Crippen LogP contribution in [0, 0.1) is 5.92 Å². The van der Waals surface area contributed by atoms with Gasteiger partial charge in [0.05, 0.1) is 27.2 Å². The third-order valence-electron chi connectivity index (χ3n) is 8.81. The highest BCUT2D eigenvalue weighted by molar-refractivity contribution is 7.93.